The average molecular weight is 271 g/mol. The second-order valence-electron chi connectivity index (χ2n) is 5.11. The Labute approximate surface area is 110 Å². The molecule has 0 saturated heterocycles. The van der Waals surface area contributed by atoms with Gasteiger partial charge in [-0.3, -0.25) is 0 Å². The highest BCUT2D eigenvalue weighted by molar-refractivity contribution is 5.41. The van der Waals surface area contributed by atoms with E-state index < -0.39 is 11.9 Å². The van der Waals surface area contributed by atoms with Crippen LogP contribution in [0.4, 0.5) is 18.9 Å². The first kappa shape index (κ1) is 15.3. The topological polar surface area (TPSA) is 48.7 Å². The van der Waals surface area contributed by atoms with Crippen LogP contribution in [-0.4, -0.2) is 11.5 Å². The summed E-state index contributed by atoms with van der Waals surface area (Å²) in [5, 5.41) is 11.6. The average Bonchev–Trinajstić information content (AvgIpc) is 2.34. The van der Waals surface area contributed by atoms with Gasteiger partial charge in [-0.2, -0.15) is 18.4 Å². The highest BCUT2D eigenvalue weighted by atomic mass is 19.4. The summed E-state index contributed by atoms with van der Waals surface area (Å²) in [7, 11) is 0. The first-order valence-electron chi connectivity index (χ1n) is 5.89. The van der Waals surface area contributed by atoms with Crippen LogP contribution in [0.1, 0.15) is 32.4 Å². The molecule has 0 bridgehead atoms. The van der Waals surface area contributed by atoms with E-state index in [1.807, 2.05) is 13.8 Å². The maximum absolute atomic E-state index is 12.3. The van der Waals surface area contributed by atoms with Gasteiger partial charge in [0, 0.05) is 13.0 Å². The Morgan fingerprint density at radius 3 is 2.47 bits per heavy atom. The summed E-state index contributed by atoms with van der Waals surface area (Å²) >= 11 is 0. The summed E-state index contributed by atoms with van der Waals surface area (Å²) in [5.74, 6) is 0. The molecule has 6 heteroatoms. The van der Waals surface area contributed by atoms with Crippen LogP contribution >= 0.6 is 0 Å². The van der Waals surface area contributed by atoms with Crippen molar-refractivity contribution in [1.82, 2.24) is 4.98 Å². The molecule has 0 unspecified atom stereocenters. The second kappa shape index (κ2) is 5.91. The van der Waals surface area contributed by atoms with Crippen LogP contribution in [0, 0.1) is 16.7 Å². The maximum atomic E-state index is 12.3. The number of hydrogen-bond donors (Lipinski definition) is 1. The molecular weight excluding hydrogens is 255 g/mol. The second-order valence-corrected chi connectivity index (χ2v) is 5.11. The first-order chi connectivity index (χ1) is 8.74. The van der Waals surface area contributed by atoms with E-state index in [1.165, 1.54) is 12.3 Å². The number of nitrogens with one attached hydrogen (secondary N) is 1. The molecule has 0 amide bonds. The van der Waals surface area contributed by atoms with Gasteiger partial charge in [-0.1, -0.05) is 13.8 Å². The third-order valence-corrected chi connectivity index (χ3v) is 2.74. The van der Waals surface area contributed by atoms with E-state index in [9.17, 15) is 13.2 Å². The minimum atomic E-state index is -4.41. The third kappa shape index (κ3) is 5.16. The zero-order valence-corrected chi connectivity index (χ0v) is 10.9. The molecule has 0 radical (unpaired) electrons. The lowest BCUT2D eigenvalue weighted by Gasteiger charge is -2.24. The fourth-order valence-corrected chi connectivity index (χ4v) is 1.49. The minimum absolute atomic E-state index is 0.0988. The Balaban J connectivity index is 2.57. The standard InChI is InChI=1S/C13H16F3N3/c1-12(2,6-3-7-17)9-19-10-4-5-11(18-8-10)13(14,15)16/h4-5,8,19H,3,6,9H2,1-2H3. The van der Waals surface area contributed by atoms with Gasteiger partial charge >= 0.3 is 6.18 Å². The Morgan fingerprint density at radius 2 is 2.00 bits per heavy atom. The third-order valence-electron chi connectivity index (χ3n) is 2.74. The van der Waals surface area contributed by atoms with Gasteiger partial charge in [0.1, 0.15) is 5.69 Å². The van der Waals surface area contributed by atoms with Crippen LogP contribution in [0.3, 0.4) is 0 Å². The number of halogens is 3. The number of nitrogens with zero attached hydrogens (tertiary/aromatic N) is 2. The highest BCUT2D eigenvalue weighted by Gasteiger charge is 2.32. The van der Waals surface area contributed by atoms with Gasteiger partial charge in [-0.25, -0.2) is 4.98 Å². The van der Waals surface area contributed by atoms with Crippen molar-refractivity contribution in [2.75, 3.05) is 11.9 Å². The van der Waals surface area contributed by atoms with Gasteiger partial charge in [0.15, 0.2) is 0 Å². The molecule has 1 aromatic rings. The molecule has 3 nitrogen and oxygen atoms in total. The minimum Gasteiger partial charge on any atom is -0.383 e. The normalized spacial score (nSPS) is 12.0. The Hall–Kier alpha value is -1.77. The summed E-state index contributed by atoms with van der Waals surface area (Å²) < 4.78 is 37.0. The summed E-state index contributed by atoms with van der Waals surface area (Å²) in [4.78, 5) is 3.37. The number of nitriles is 1. The monoisotopic (exact) mass is 271 g/mol. The lowest BCUT2D eigenvalue weighted by atomic mass is 9.88. The van der Waals surface area contributed by atoms with E-state index in [1.54, 1.807) is 0 Å². The number of hydrogen-bond acceptors (Lipinski definition) is 3. The van der Waals surface area contributed by atoms with Crippen LogP contribution in [0.15, 0.2) is 18.3 Å². The molecular formula is C13H16F3N3. The molecule has 0 atom stereocenters. The number of anilines is 1. The zero-order chi connectivity index (χ0) is 14.5. The first-order valence-corrected chi connectivity index (χ1v) is 5.89. The molecule has 0 aliphatic heterocycles. The van der Waals surface area contributed by atoms with Crippen LogP contribution in [0.2, 0.25) is 0 Å². The summed E-state index contributed by atoms with van der Waals surface area (Å²) in [6.07, 6.45) is -2.06. The smallest absolute Gasteiger partial charge is 0.383 e. The van der Waals surface area contributed by atoms with Crippen molar-refractivity contribution in [2.24, 2.45) is 5.41 Å². The number of rotatable bonds is 5. The van der Waals surface area contributed by atoms with Crippen LogP contribution in [-0.2, 0) is 6.18 Å². The van der Waals surface area contributed by atoms with Gasteiger partial charge in [0.05, 0.1) is 18.0 Å². The van der Waals surface area contributed by atoms with Crippen molar-refractivity contribution < 1.29 is 13.2 Å². The van der Waals surface area contributed by atoms with Gasteiger partial charge in [0.25, 0.3) is 0 Å². The molecule has 1 aromatic heterocycles. The number of aromatic nitrogens is 1. The molecule has 0 saturated carbocycles. The van der Waals surface area contributed by atoms with Crippen molar-refractivity contribution in [3.05, 3.63) is 24.0 Å². The summed E-state index contributed by atoms with van der Waals surface area (Å²) in [6, 6.07) is 4.39. The number of pyridine rings is 1. The van der Waals surface area contributed by atoms with Gasteiger partial charge in [0.2, 0.25) is 0 Å². The van der Waals surface area contributed by atoms with E-state index in [2.05, 4.69) is 16.4 Å². The highest BCUT2D eigenvalue weighted by Crippen LogP contribution is 2.28. The molecule has 104 valence electrons. The Kier molecular flexibility index (Phi) is 4.76. The predicted octanol–water partition coefficient (Wildman–Crippen LogP) is 3.84. The molecule has 0 aromatic carbocycles. The van der Waals surface area contributed by atoms with E-state index in [-0.39, 0.29) is 5.41 Å². The van der Waals surface area contributed by atoms with Crippen molar-refractivity contribution in [3.8, 4) is 6.07 Å². The molecule has 0 aliphatic rings. The fourth-order valence-electron chi connectivity index (χ4n) is 1.49. The summed E-state index contributed by atoms with van der Waals surface area (Å²) in [6.45, 7) is 4.56. The molecule has 0 spiro atoms. The largest absolute Gasteiger partial charge is 0.433 e. The van der Waals surface area contributed by atoms with Crippen LogP contribution in [0.25, 0.3) is 0 Å². The van der Waals surface area contributed by atoms with E-state index in [0.717, 1.165) is 12.5 Å². The molecule has 0 fully saturated rings. The molecule has 1 N–H and O–H groups in total. The maximum Gasteiger partial charge on any atom is 0.433 e. The lowest BCUT2D eigenvalue weighted by molar-refractivity contribution is -0.141. The fraction of sp³-hybridized carbons (Fsp3) is 0.538. The zero-order valence-electron chi connectivity index (χ0n) is 10.9. The quantitative estimate of drug-likeness (QED) is 0.885. The van der Waals surface area contributed by atoms with Crippen LogP contribution in [0.5, 0.6) is 0 Å². The van der Waals surface area contributed by atoms with Crippen molar-refractivity contribution in [2.45, 2.75) is 32.9 Å². The van der Waals surface area contributed by atoms with E-state index >= 15 is 0 Å². The van der Waals surface area contributed by atoms with E-state index in [4.69, 9.17) is 5.26 Å². The molecule has 1 rings (SSSR count). The van der Waals surface area contributed by atoms with Crippen molar-refractivity contribution in [1.29, 1.82) is 5.26 Å². The summed E-state index contributed by atoms with van der Waals surface area (Å²) in [5.41, 5.74) is -0.460. The van der Waals surface area contributed by atoms with Gasteiger partial charge < -0.3 is 5.32 Å². The SMILES string of the molecule is CC(C)(CCC#N)CNc1ccc(C(F)(F)F)nc1. The van der Waals surface area contributed by atoms with Crippen molar-refractivity contribution in [3.63, 3.8) is 0 Å². The molecule has 0 aliphatic carbocycles. The Bertz CT molecular complexity index is 444. The van der Waals surface area contributed by atoms with Gasteiger partial charge in [-0.05, 0) is 24.0 Å². The van der Waals surface area contributed by atoms with Crippen LogP contribution < -0.4 is 5.32 Å². The molecule has 19 heavy (non-hydrogen) atoms. The predicted molar refractivity (Wildman–Crippen MR) is 66.4 cm³/mol. The number of alkyl halides is 3. The molecule has 1 heterocycles. The van der Waals surface area contributed by atoms with Gasteiger partial charge in [-0.15, -0.1) is 0 Å². The van der Waals surface area contributed by atoms with Crippen molar-refractivity contribution >= 4 is 5.69 Å². The lowest BCUT2D eigenvalue weighted by Crippen LogP contribution is -2.23. The van der Waals surface area contributed by atoms with E-state index in [0.29, 0.717) is 18.7 Å². The Morgan fingerprint density at radius 1 is 1.32 bits per heavy atom.